The first-order chi connectivity index (χ1) is 12.6. The Morgan fingerprint density at radius 2 is 1.65 bits per heavy atom. The number of benzene rings is 3. The number of hydrogen-bond acceptors (Lipinski definition) is 2. The molecule has 0 amide bonds. The van der Waals surface area contributed by atoms with Crippen LogP contribution in [0.25, 0.3) is 0 Å². The number of para-hydroxylation sites is 1. The fraction of sp³-hybridized carbons (Fsp3) is 0.174. The minimum atomic E-state index is -0.860. The minimum absolute atomic E-state index is 0.398. The number of nitrogens with zero attached hydrogens (tertiary/aromatic N) is 1. The highest BCUT2D eigenvalue weighted by Gasteiger charge is 2.24. The number of aryl methyl sites for hydroxylation is 1. The summed E-state index contributed by atoms with van der Waals surface area (Å²) < 4.78 is 0. The minimum Gasteiger partial charge on any atom is -0.478 e. The Kier molecular flexibility index (Phi) is 4.21. The molecule has 0 saturated carbocycles. The lowest BCUT2D eigenvalue weighted by molar-refractivity contribution is 0.0696. The van der Waals surface area contributed by atoms with Crippen LogP contribution in [0.15, 0.2) is 66.7 Å². The van der Waals surface area contributed by atoms with E-state index in [0.29, 0.717) is 5.56 Å². The van der Waals surface area contributed by atoms with Gasteiger partial charge in [0, 0.05) is 17.9 Å². The van der Waals surface area contributed by atoms with Crippen molar-refractivity contribution >= 4 is 17.3 Å². The van der Waals surface area contributed by atoms with Gasteiger partial charge in [-0.05, 0) is 60.2 Å². The van der Waals surface area contributed by atoms with Gasteiger partial charge in [0.2, 0.25) is 0 Å². The highest BCUT2D eigenvalue weighted by atomic mass is 16.4. The first kappa shape index (κ1) is 16.4. The molecule has 1 heterocycles. The molecule has 0 aromatic heterocycles. The fourth-order valence-corrected chi connectivity index (χ4v) is 3.85. The number of carboxylic acids is 1. The van der Waals surface area contributed by atoms with Crippen molar-refractivity contribution in [3.05, 3.63) is 94.5 Å². The third kappa shape index (κ3) is 2.86. The lowest BCUT2D eigenvalue weighted by atomic mass is 9.96. The van der Waals surface area contributed by atoms with E-state index in [9.17, 15) is 9.90 Å². The van der Waals surface area contributed by atoms with Gasteiger partial charge in [0.1, 0.15) is 0 Å². The molecule has 3 aromatic carbocycles. The summed E-state index contributed by atoms with van der Waals surface area (Å²) in [5.74, 6) is -0.860. The third-order valence-electron chi connectivity index (χ3n) is 5.21. The molecule has 0 unspecified atom stereocenters. The molecule has 1 aliphatic heterocycles. The maximum Gasteiger partial charge on any atom is 0.335 e. The number of anilines is 2. The zero-order valence-corrected chi connectivity index (χ0v) is 14.8. The molecule has 0 radical (unpaired) electrons. The quantitative estimate of drug-likeness (QED) is 0.717. The van der Waals surface area contributed by atoms with E-state index in [4.69, 9.17) is 0 Å². The van der Waals surface area contributed by atoms with Gasteiger partial charge in [0.15, 0.2) is 0 Å². The summed E-state index contributed by atoms with van der Waals surface area (Å²) in [6, 6.07) is 22.6. The van der Waals surface area contributed by atoms with Crippen LogP contribution in [-0.2, 0) is 19.4 Å². The second-order valence-electron chi connectivity index (χ2n) is 6.74. The zero-order valence-electron chi connectivity index (χ0n) is 14.8. The van der Waals surface area contributed by atoms with Crippen LogP contribution >= 0.6 is 0 Å². The van der Waals surface area contributed by atoms with Gasteiger partial charge in [-0.2, -0.15) is 0 Å². The van der Waals surface area contributed by atoms with Crippen LogP contribution in [0, 0.1) is 6.92 Å². The van der Waals surface area contributed by atoms with Gasteiger partial charge in [-0.25, -0.2) is 4.79 Å². The smallest absolute Gasteiger partial charge is 0.335 e. The van der Waals surface area contributed by atoms with Gasteiger partial charge < -0.3 is 10.0 Å². The lowest BCUT2D eigenvalue weighted by Crippen LogP contribution is -2.18. The first-order valence-electron chi connectivity index (χ1n) is 8.90. The van der Waals surface area contributed by atoms with E-state index in [-0.39, 0.29) is 0 Å². The topological polar surface area (TPSA) is 40.5 Å². The predicted molar refractivity (Wildman–Crippen MR) is 104 cm³/mol. The van der Waals surface area contributed by atoms with Crippen molar-refractivity contribution in [3.63, 3.8) is 0 Å². The molecule has 0 bridgehead atoms. The largest absolute Gasteiger partial charge is 0.478 e. The molecule has 0 aliphatic carbocycles. The highest BCUT2D eigenvalue weighted by molar-refractivity contribution is 5.91. The van der Waals surface area contributed by atoms with Crippen LogP contribution in [0.2, 0.25) is 0 Å². The van der Waals surface area contributed by atoms with Crippen LogP contribution in [0.4, 0.5) is 11.4 Å². The average molecular weight is 343 g/mol. The van der Waals surface area contributed by atoms with Crippen molar-refractivity contribution in [3.8, 4) is 0 Å². The van der Waals surface area contributed by atoms with Crippen LogP contribution in [0.5, 0.6) is 0 Å². The molecule has 1 aliphatic rings. The van der Waals surface area contributed by atoms with Gasteiger partial charge in [-0.15, -0.1) is 0 Å². The van der Waals surface area contributed by atoms with Gasteiger partial charge >= 0.3 is 5.97 Å². The van der Waals surface area contributed by atoms with Crippen LogP contribution in [0.1, 0.15) is 32.6 Å². The first-order valence-corrected chi connectivity index (χ1v) is 8.90. The number of rotatable bonds is 3. The molecule has 1 N–H and O–H groups in total. The molecular weight excluding hydrogens is 322 g/mol. The Hall–Kier alpha value is -3.07. The van der Waals surface area contributed by atoms with Crippen molar-refractivity contribution in [2.75, 3.05) is 4.90 Å². The highest BCUT2D eigenvalue weighted by Crippen LogP contribution is 2.39. The molecule has 26 heavy (non-hydrogen) atoms. The Labute approximate surface area is 153 Å². The average Bonchev–Trinajstić information content (AvgIpc) is 2.81. The molecule has 3 heteroatoms. The van der Waals surface area contributed by atoms with Crippen LogP contribution in [-0.4, -0.2) is 11.1 Å². The van der Waals surface area contributed by atoms with Crippen LogP contribution in [0.3, 0.4) is 0 Å². The number of carbonyl (C=O) groups is 1. The van der Waals surface area contributed by atoms with Crippen LogP contribution < -0.4 is 4.90 Å². The summed E-state index contributed by atoms with van der Waals surface area (Å²) in [6.07, 6.45) is 1.77. The van der Waals surface area contributed by atoms with E-state index in [1.54, 1.807) is 6.07 Å². The van der Waals surface area contributed by atoms with Crippen molar-refractivity contribution in [2.45, 2.75) is 26.3 Å². The lowest BCUT2D eigenvalue weighted by Gasteiger charge is -2.28. The van der Waals surface area contributed by atoms with Crippen molar-refractivity contribution in [1.82, 2.24) is 0 Å². The second kappa shape index (κ2) is 6.68. The third-order valence-corrected chi connectivity index (χ3v) is 5.21. The summed E-state index contributed by atoms with van der Waals surface area (Å²) in [6.45, 7) is 2.69. The number of aromatic carboxylic acids is 1. The van der Waals surface area contributed by atoms with E-state index >= 15 is 0 Å². The molecule has 3 nitrogen and oxygen atoms in total. The Bertz CT molecular complexity index is 963. The summed E-state index contributed by atoms with van der Waals surface area (Å²) in [7, 11) is 0. The molecule has 130 valence electrons. The molecular formula is C23H21NO2. The van der Waals surface area contributed by atoms with Gasteiger partial charge in [-0.3, -0.25) is 0 Å². The number of hydrogen-bond donors (Lipinski definition) is 1. The molecule has 0 atom stereocenters. The number of fused-ring (bicyclic) bond motifs is 2. The van der Waals surface area contributed by atoms with Crippen molar-refractivity contribution in [1.29, 1.82) is 0 Å². The maximum absolute atomic E-state index is 11.6. The number of carboxylic acid groups (broad SMARTS) is 1. The van der Waals surface area contributed by atoms with Crippen molar-refractivity contribution < 1.29 is 9.90 Å². The fourth-order valence-electron chi connectivity index (χ4n) is 3.85. The Morgan fingerprint density at radius 3 is 2.42 bits per heavy atom. The monoisotopic (exact) mass is 343 g/mol. The summed E-state index contributed by atoms with van der Waals surface area (Å²) in [5, 5.41) is 9.50. The molecule has 0 fully saturated rings. The molecule has 0 spiro atoms. The van der Waals surface area contributed by atoms with E-state index < -0.39 is 5.97 Å². The van der Waals surface area contributed by atoms with E-state index in [2.05, 4.69) is 53.4 Å². The van der Waals surface area contributed by atoms with Gasteiger partial charge in [0.05, 0.1) is 5.56 Å². The summed E-state index contributed by atoms with van der Waals surface area (Å²) >= 11 is 0. The molecule has 4 rings (SSSR count). The van der Waals surface area contributed by atoms with Gasteiger partial charge in [0.25, 0.3) is 0 Å². The van der Waals surface area contributed by atoms with Gasteiger partial charge in [-0.1, -0.05) is 48.5 Å². The Morgan fingerprint density at radius 1 is 0.923 bits per heavy atom. The van der Waals surface area contributed by atoms with E-state index in [0.717, 1.165) is 36.2 Å². The standard InChI is InChI=1S/C23H21NO2/c1-16-19-12-11-18-9-5-6-10-21(18)24(15-17-7-3-2-4-8-17)22(19)14-13-20(16)23(25)26/h2-10,13-14H,11-12,15H2,1H3,(H,25,26). The predicted octanol–water partition coefficient (Wildman–Crippen LogP) is 5.13. The second-order valence-corrected chi connectivity index (χ2v) is 6.74. The SMILES string of the molecule is Cc1c(C(=O)O)ccc2c1CCc1ccccc1N2Cc1ccccc1. The zero-order chi connectivity index (χ0) is 18.1. The summed E-state index contributed by atoms with van der Waals surface area (Å²) in [4.78, 5) is 13.9. The maximum atomic E-state index is 11.6. The molecule has 3 aromatic rings. The summed E-state index contributed by atoms with van der Waals surface area (Å²) in [5.41, 5.74) is 7.26. The van der Waals surface area contributed by atoms with E-state index in [1.807, 2.05) is 19.1 Å². The van der Waals surface area contributed by atoms with E-state index in [1.165, 1.54) is 16.8 Å². The van der Waals surface area contributed by atoms with Crippen molar-refractivity contribution in [2.24, 2.45) is 0 Å². The normalized spacial score (nSPS) is 12.9. The Balaban J connectivity index is 1.88. The molecule has 0 saturated heterocycles.